The fraction of sp³-hybridized carbons (Fsp3) is 0.441. The molecule has 4 unspecified atom stereocenters. The van der Waals surface area contributed by atoms with Gasteiger partial charge in [0.05, 0.1) is 6.33 Å². The number of amidine groups is 1. The lowest BCUT2D eigenvalue weighted by molar-refractivity contribution is -0.121. The van der Waals surface area contributed by atoms with Crippen LogP contribution in [0.5, 0.6) is 0 Å². The van der Waals surface area contributed by atoms with E-state index in [0.717, 1.165) is 6.42 Å². The molecule has 3 aromatic rings. The molecule has 1 aliphatic carbocycles. The molecule has 1 saturated carbocycles. The summed E-state index contributed by atoms with van der Waals surface area (Å²) in [5.74, 6) is 1.79. The zero-order valence-electron chi connectivity index (χ0n) is 25.1. The Labute approximate surface area is 250 Å². The Kier molecular flexibility index (Phi) is 11.2. The van der Waals surface area contributed by atoms with Crippen LogP contribution in [0.2, 0.25) is 0 Å². The van der Waals surface area contributed by atoms with Gasteiger partial charge in [-0.25, -0.2) is 4.98 Å². The van der Waals surface area contributed by atoms with Gasteiger partial charge in [-0.15, -0.1) is 0 Å². The van der Waals surface area contributed by atoms with Gasteiger partial charge >= 0.3 is 0 Å². The fourth-order valence-electron chi connectivity index (χ4n) is 5.95. The number of benzene rings is 2. The number of aliphatic imine (C=N–C) groups is 1. The highest BCUT2D eigenvalue weighted by molar-refractivity contribution is 6.01. The molecule has 1 aromatic heterocycles. The van der Waals surface area contributed by atoms with Gasteiger partial charge in [-0.2, -0.15) is 4.99 Å². The van der Waals surface area contributed by atoms with Crippen LogP contribution in [0.1, 0.15) is 75.2 Å². The lowest BCUT2D eigenvalue weighted by Gasteiger charge is -2.21. The third kappa shape index (κ3) is 7.59. The van der Waals surface area contributed by atoms with E-state index in [9.17, 15) is 4.79 Å². The van der Waals surface area contributed by atoms with Crippen LogP contribution in [0.4, 0.5) is 5.82 Å². The van der Waals surface area contributed by atoms with Gasteiger partial charge in [0.1, 0.15) is 11.5 Å². The standard InChI is InChI=1S/C30H36N6O.C4H9N/c1-5-27(37)35-25-17-26(21(4)20(25)3)36-19-34-28(29(36)31)30(32-6-2)33-18-24(22-13-9-7-10-14-22)23-15-11-8-12-16-23;1-2-4-5-3-1/h2,7-16,19-21,24-26H,5,17-18,31H2,1,3-4H3,(H,32,33)(H,35,37);5H,1-4H2. The van der Waals surface area contributed by atoms with Crippen molar-refractivity contribution < 1.29 is 4.79 Å². The minimum absolute atomic E-state index is 0.0722. The Balaban J connectivity index is 0.000000732. The molecule has 0 spiro atoms. The summed E-state index contributed by atoms with van der Waals surface area (Å²) < 4.78 is 2.01. The molecule has 8 nitrogen and oxygen atoms in total. The average Bonchev–Trinajstić information content (AvgIpc) is 3.78. The van der Waals surface area contributed by atoms with Crippen LogP contribution in [-0.4, -0.2) is 47.0 Å². The van der Waals surface area contributed by atoms with Crippen LogP contribution in [0.15, 0.2) is 72.0 Å². The molecule has 2 fully saturated rings. The fourth-order valence-corrected chi connectivity index (χ4v) is 5.95. The van der Waals surface area contributed by atoms with Crippen molar-refractivity contribution in [2.24, 2.45) is 16.8 Å². The highest BCUT2D eigenvalue weighted by Crippen LogP contribution is 2.41. The summed E-state index contributed by atoms with van der Waals surface area (Å²) in [5, 5.41) is 9.82. The van der Waals surface area contributed by atoms with E-state index in [-0.39, 0.29) is 23.9 Å². The predicted molar refractivity (Wildman–Crippen MR) is 171 cm³/mol. The maximum absolute atomic E-state index is 12.0. The Hall–Kier alpha value is -4.09. The van der Waals surface area contributed by atoms with Crippen molar-refractivity contribution in [3.05, 3.63) is 83.8 Å². The number of rotatable bonds is 8. The molecule has 4 atom stereocenters. The lowest BCUT2D eigenvalue weighted by atomic mass is 9.91. The average molecular weight is 568 g/mol. The van der Waals surface area contributed by atoms with Gasteiger partial charge in [-0.05, 0) is 55.3 Å². The summed E-state index contributed by atoms with van der Waals surface area (Å²) in [6.07, 6.45) is 11.4. The Morgan fingerprint density at radius 2 is 1.71 bits per heavy atom. The van der Waals surface area contributed by atoms with Gasteiger partial charge in [0.25, 0.3) is 0 Å². The van der Waals surface area contributed by atoms with E-state index in [1.54, 1.807) is 6.33 Å². The van der Waals surface area contributed by atoms with Crippen molar-refractivity contribution in [1.82, 2.24) is 25.5 Å². The number of amides is 1. The lowest BCUT2D eigenvalue weighted by Crippen LogP contribution is -2.36. The van der Waals surface area contributed by atoms with Gasteiger partial charge in [-0.3, -0.25) is 4.79 Å². The first-order valence-electron chi connectivity index (χ1n) is 15.1. The minimum Gasteiger partial charge on any atom is -0.383 e. The number of imidazole rings is 1. The second kappa shape index (κ2) is 15.2. The Morgan fingerprint density at radius 1 is 1.10 bits per heavy atom. The topological polar surface area (TPSA) is 109 Å². The zero-order chi connectivity index (χ0) is 29.9. The van der Waals surface area contributed by atoms with Gasteiger partial charge < -0.3 is 26.3 Å². The third-order valence-electron chi connectivity index (χ3n) is 8.66. The summed E-state index contributed by atoms with van der Waals surface area (Å²) >= 11 is 0. The van der Waals surface area contributed by atoms with Crippen molar-refractivity contribution in [2.75, 3.05) is 25.4 Å². The Bertz CT molecular complexity index is 1290. The van der Waals surface area contributed by atoms with Gasteiger partial charge in [0.15, 0.2) is 5.84 Å². The quantitative estimate of drug-likeness (QED) is 0.179. The minimum atomic E-state index is 0.0722. The molecule has 1 amide bonds. The van der Waals surface area contributed by atoms with E-state index in [2.05, 4.69) is 70.1 Å². The Morgan fingerprint density at radius 3 is 2.24 bits per heavy atom. The smallest absolute Gasteiger partial charge is 0.219 e. The van der Waals surface area contributed by atoms with Gasteiger partial charge in [-0.1, -0.05) is 87.9 Å². The van der Waals surface area contributed by atoms with E-state index < -0.39 is 0 Å². The second-order valence-corrected chi connectivity index (χ2v) is 11.2. The molecule has 222 valence electrons. The summed E-state index contributed by atoms with van der Waals surface area (Å²) in [4.78, 5) is 20.9. The molecule has 2 heterocycles. The molecule has 8 heteroatoms. The van der Waals surface area contributed by atoms with Crippen molar-refractivity contribution >= 4 is 17.6 Å². The zero-order valence-corrected chi connectivity index (χ0v) is 25.1. The SMILES string of the molecule is C#CN=C(NCC(c1ccccc1)c1ccccc1)c1ncn(C2CC(NC(=O)CC)C(C)C2C)c1N.C1CCNC1. The summed E-state index contributed by atoms with van der Waals surface area (Å²) in [6.45, 7) is 9.32. The first-order valence-corrected chi connectivity index (χ1v) is 15.1. The summed E-state index contributed by atoms with van der Waals surface area (Å²) in [6, 6.07) is 23.3. The molecule has 1 aliphatic heterocycles. The van der Waals surface area contributed by atoms with E-state index >= 15 is 0 Å². The number of nitrogens with zero attached hydrogens (tertiary/aromatic N) is 3. The van der Waals surface area contributed by atoms with E-state index in [4.69, 9.17) is 12.2 Å². The molecule has 2 aliphatic rings. The molecule has 5 rings (SSSR count). The number of nitrogen functional groups attached to an aromatic ring is 1. The normalized spacial score (nSPS) is 21.8. The maximum atomic E-state index is 12.0. The van der Waals surface area contributed by atoms with Gasteiger partial charge in [0.2, 0.25) is 5.91 Å². The van der Waals surface area contributed by atoms with Crippen LogP contribution in [0.3, 0.4) is 0 Å². The van der Waals surface area contributed by atoms with Crippen LogP contribution in [0, 0.1) is 24.3 Å². The molecule has 1 saturated heterocycles. The van der Waals surface area contributed by atoms with Crippen molar-refractivity contribution in [3.8, 4) is 12.5 Å². The second-order valence-electron chi connectivity index (χ2n) is 11.2. The van der Waals surface area contributed by atoms with Crippen LogP contribution in [0.25, 0.3) is 0 Å². The molecular weight excluding hydrogens is 522 g/mol. The van der Waals surface area contributed by atoms with E-state index in [0.29, 0.717) is 42.1 Å². The number of terminal acetylenes is 1. The monoisotopic (exact) mass is 567 g/mol. The van der Waals surface area contributed by atoms with Crippen LogP contribution in [-0.2, 0) is 4.79 Å². The number of hydrogen-bond donors (Lipinski definition) is 4. The first-order chi connectivity index (χ1) is 20.4. The number of hydrogen-bond acceptors (Lipinski definition) is 5. The summed E-state index contributed by atoms with van der Waals surface area (Å²) in [7, 11) is 0. The molecular formula is C34H45N7O. The number of anilines is 1. The molecule has 0 bridgehead atoms. The first kappa shape index (κ1) is 30.9. The maximum Gasteiger partial charge on any atom is 0.219 e. The number of nitrogens with two attached hydrogens (primary N) is 1. The molecule has 2 aromatic carbocycles. The number of carbonyl (C=O) groups is 1. The number of aromatic nitrogens is 2. The van der Waals surface area contributed by atoms with E-state index in [1.165, 1.54) is 37.1 Å². The number of nitrogens with one attached hydrogen (secondary N) is 3. The van der Waals surface area contributed by atoms with Gasteiger partial charge in [0, 0.05) is 37.0 Å². The van der Waals surface area contributed by atoms with Crippen molar-refractivity contribution in [1.29, 1.82) is 0 Å². The third-order valence-corrected chi connectivity index (χ3v) is 8.66. The largest absolute Gasteiger partial charge is 0.383 e. The van der Waals surface area contributed by atoms with E-state index in [1.807, 2.05) is 47.9 Å². The molecule has 0 radical (unpaired) electrons. The van der Waals surface area contributed by atoms with Crippen LogP contribution >= 0.6 is 0 Å². The molecule has 42 heavy (non-hydrogen) atoms. The highest BCUT2D eigenvalue weighted by Gasteiger charge is 2.40. The molecule has 5 N–H and O–H groups in total. The van der Waals surface area contributed by atoms with Crippen molar-refractivity contribution in [2.45, 2.75) is 64.5 Å². The van der Waals surface area contributed by atoms with Crippen LogP contribution < -0.4 is 21.7 Å². The predicted octanol–water partition coefficient (Wildman–Crippen LogP) is 4.71. The number of carbonyl (C=O) groups excluding carboxylic acids is 1. The van der Waals surface area contributed by atoms with Crippen molar-refractivity contribution in [3.63, 3.8) is 0 Å². The highest BCUT2D eigenvalue weighted by atomic mass is 16.1. The summed E-state index contributed by atoms with van der Waals surface area (Å²) in [5.41, 5.74) is 9.56.